The van der Waals surface area contributed by atoms with Gasteiger partial charge < -0.3 is 14.2 Å². The molecule has 0 unspecified atom stereocenters. The van der Waals surface area contributed by atoms with Crippen molar-refractivity contribution in [1.29, 1.82) is 0 Å². The van der Waals surface area contributed by atoms with Crippen LogP contribution in [0.2, 0.25) is 10.0 Å². The molecule has 3 aromatic rings. The molecule has 0 bridgehead atoms. The molecule has 3 aromatic carbocycles. The zero-order valence-corrected chi connectivity index (χ0v) is 18.9. The summed E-state index contributed by atoms with van der Waals surface area (Å²) in [5.74, 6) is -0.423. The average Bonchev–Trinajstić information content (AvgIpc) is 3.16. The van der Waals surface area contributed by atoms with E-state index in [1.165, 1.54) is 0 Å². The van der Waals surface area contributed by atoms with Crippen molar-refractivity contribution in [2.45, 2.75) is 6.92 Å². The highest BCUT2D eigenvalue weighted by Crippen LogP contribution is 2.31. The predicted octanol–water partition coefficient (Wildman–Crippen LogP) is 5.96. The summed E-state index contributed by atoms with van der Waals surface area (Å²) in [6.07, 6.45) is 1.56. The second-order valence-electron chi connectivity index (χ2n) is 6.85. The van der Waals surface area contributed by atoms with Crippen molar-refractivity contribution in [3.63, 3.8) is 0 Å². The Hall–Kier alpha value is -3.61. The molecule has 1 heterocycles. The van der Waals surface area contributed by atoms with Gasteiger partial charge in [-0.15, -0.1) is 0 Å². The summed E-state index contributed by atoms with van der Waals surface area (Å²) in [6, 6.07) is 18.2. The first-order valence-corrected chi connectivity index (χ1v) is 10.7. The molecule has 0 fully saturated rings. The van der Waals surface area contributed by atoms with Crippen LogP contribution in [0.1, 0.15) is 28.4 Å². The van der Waals surface area contributed by atoms with Gasteiger partial charge in [0.25, 0.3) is 0 Å². The highest BCUT2D eigenvalue weighted by Gasteiger charge is 2.25. The number of carbonyl (C=O) groups is 2. The second kappa shape index (κ2) is 9.90. The molecule has 0 aromatic heterocycles. The van der Waals surface area contributed by atoms with Crippen molar-refractivity contribution in [2.75, 3.05) is 6.61 Å². The van der Waals surface area contributed by atoms with E-state index >= 15 is 0 Å². The SMILES string of the molecule is CCOc1cc(/C=C2\N=C(c3ccccc3Cl)OC2=O)ccc1OC(=O)c1ccc(Cl)cc1. The van der Waals surface area contributed by atoms with Gasteiger partial charge in [0.2, 0.25) is 5.90 Å². The molecular formula is C25H17Cl2NO5. The van der Waals surface area contributed by atoms with Gasteiger partial charge in [-0.2, -0.15) is 0 Å². The zero-order valence-electron chi connectivity index (χ0n) is 17.4. The van der Waals surface area contributed by atoms with Crippen molar-refractivity contribution in [1.82, 2.24) is 0 Å². The molecule has 0 amide bonds. The molecule has 33 heavy (non-hydrogen) atoms. The summed E-state index contributed by atoms with van der Waals surface area (Å²) in [5, 5.41) is 0.945. The van der Waals surface area contributed by atoms with Crippen molar-refractivity contribution in [2.24, 2.45) is 4.99 Å². The maximum Gasteiger partial charge on any atom is 0.363 e. The monoisotopic (exact) mass is 481 g/mol. The molecule has 0 N–H and O–H groups in total. The first-order chi connectivity index (χ1) is 15.9. The number of carbonyl (C=O) groups excluding carboxylic acids is 2. The van der Waals surface area contributed by atoms with E-state index in [9.17, 15) is 9.59 Å². The number of ether oxygens (including phenoxy) is 3. The molecule has 4 rings (SSSR count). The highest BCUT2D eigenvalue weighted by molar-refractivity contribution is 6.34. The van der Waals surface area contributed by atoms with Gasteiger partial charge in [-0.25, -0.2) is 14.6 Å². The van der Waals surface area contributed by atoms with Crippen LogP contribution in [0.5, 0.6) is 11.5 Å². The number of cyclic esters (lactones) is 1. The number of aliphatic imine (C=N–C) groups is 1. The van der Waals surface area contributed by atoms with Gasteiger partial charge in [0, 0.05) is 5.02 Å². The number of halogens is 2. The number of rotatable bonds is 6. The Labute approximate surface area is 200 Å². The van der Waals surface area contributed by atoms with Crippen molar-refractivity contribution >= 4 is 47.1 Å². The smallest absolute Gasteiger partial charge is 0.363 e. The Morgan fingerprint density at radius 2 is 1.79 bits per heavy atom. The number of esters is 2. The van der Waals surface area contributed by atoms with Crippen molar-refractivity contribution < 1.29 is 23.8 Å². The van der Waals surface area contributed by atoms with E-state index in [0.717, 1.165) is 0 Å². The molecule has 0 aliphatic carbocycles. The first kappa shape index (κ1) is 22.6. The Morgan fingerprint density at radius 1 is 1.03 bits per heavy atom. The topological polar surface area (TPSA) is 74.2 Å². The van der Waals surface area contributed by atoms with E-state index in [1.54, 1.807) is 72.8 Å². The van der Waals surface area contributed by atoms with Crippen LogP contribution in [-0.4, -0.2) is 24.4 Å². The van der Waals surface area contributed by atoms with Crippen LogP contribution in [0, 0.1) is 0 Å². The third-order valence-electron chi connectivity index (χ3n) is 4.58. The largest absolute Gasteiger partial charge is 0.490 e. The molecule has 0 saturated carbocycles. The van der Waals surface area contributed by atoms with Crippen molar-refractivity contribution in [3.8, 4) is 11.5 Å². The lowest BCUT2D eigenvalue weighted by Crippen LogP contribution is -2.09. The van der Waals surface area contributed by atoms with Gasteiger partial charge in [0.15, 0.2) is 17.2 Å². The molecule has 0 spiro atoms. The number of nitrogens with zero attached hydrogens (tertiary/aromatic N) is 1. The fourth-order valence-corrected chi connectivity index (χ4v) is 3.37. The van der Waals surface area contributed by atoms with E-state index in [2.05, 4.69) is 4.99 Å². The molecule has 0 atom stereocenters. The van der Waals surface area contributed by atoms with E-state index in [4.69, 9.17) is 37.4 Å². The summed E-state index contributed by atoms with van der Waals surface area (Å²) >= 11 is 12.0. The minimum atomic E-state index is -0.596. The molecule has 166 valence electrons. The summed E-state index contributed by atoms with van der Waals surface area (Å²) < 4.78 is 16.4. The Bertz CT molecular complexity index is 1280. The van der Waals surface area contributed by atoms with Gasteiger partial charge in [-0.3, -0.25) is 0 Å². The zero-order chi connectivity index (χ0) is 23.4. The van der Waals surface area contributed by atoms with Gasteiger partial charge in [-0.05, 0) is 67.1 Å². The minimum absolute atomic E-state index is 0.110. The van der Waals surface area contributed by atoms with Crippen LogP contribution in [-0.2, 0) is 9.53 Å². The molecular weight excluding hydrogens is 465 g/mol. The predicted molar refractivity (Wildman–Crippen MR) is 126 cm³/mol. The Balaban J connectivity index is 1.60. The Kier molecular flexibility index (Phi) is 6.77. The first-order valence-electron chi connectivity index (χ1n) is 9.96. The van der Waals surface area contributed by atoms with Crippen LogP contribution in [0.4, 0.5) is 0 Å². The second-order valence-corrected chi connectivity index (χ2v) is 7.70. The van der Waals surface area contributed by atoms with E-state index in [-0.39, 0.29) is 17.3 Å². The molecule has 0 radical (unpaired) electrons. The minimum Gasteiger partial charge on any atom is -0.490 e. The number of hydrogen-bond acceptors (Lipinski definition) is 6. The van der Waals surface area contributed by atoms with Gasteiger partial charge in [0.1, 0.15) is 0 Å². The fourth-order valence-electron chi connectivity index (χ4n) is 3.03. The van der Waals surface area contributed by atoms with Gasteiger partial charge in [-0.1, -0.05) is 41.4 Å². The maximum absolute atomic E-state index is 12.5. The third-order valence-corrected chi connectivity index (χ3v) is 5.16. The number of hydrogen-bond donors (Lipinski definition) is 0. The normalized spacial score (nSPS) is 14.1. The van der Waals surface area contributed by atoms with Crippen LogP contribution in [0.25, 0.3) is 6.08 Å². The lowest BCUT2D eigenvalue weighted by molar-refractivity contribution is -0.129. The lowest BCUT2D eigenvalue weighted by Gasteiger charge is -2.11. The molecule has 0 saturated heterocycles. The van der Waals surface area contributed by atoms with E-state index < -0.39 is 11.9 Å². The summed E-state index contributed by atoms with van der Waals surface area (Å²) in [4.78, 5) is 29.1. The van der Waals surface area contributed by atoms with E-state index in [1.807, 2.05) is 6.92 Å². The summed E-state index contributed by atoms with van der Waals surface area (Å²) in [6.45, 7) is 2.16. The quantitative estimate of drug-likeness (QED) is 0.246. The van der Waals surface area contributed by atoms with Gasteiger partial charge in [0.05, 0.1) is 22.8 Å². The Morgan fingerprint density at radius 3 is 2.52 bits per heavy atom. The standard InChI is InChI=1S/C25H17Cl2NO5/c1-2-31-22-14-15(7-12-21(22)32-24(29)16-8-10-17(26)11-9-16)13-20-25(30)33-23(28-20)18-5-3-4-6-19(18)27/h3-14H,2H2,1H3/b20-13-. The number of benzene rings is 3. The molecule has 6 nitrogen and oxygen atoms in total. The summed E-state index contributed by atoms with van der Waals surface area (Å²) in [5.41, 5.74) is 1.60. The summed E-state index contributed by atoms with van der Waals surface area (Å²) in [7, 11) is 0. The molecule has 1 aliphatic heterocycles. The fraction of sp³-hybridized carbons (Fsp3) is 0.0800. The lowest BCUT2D eigenvalue weighted by atomic mass is 10.1. The van der Waals surface area contributed by atoms with Crippen LogP contribution in [0.3, 0.4) is 0 Å². The molecule has 8 heteroatoms. The van der Waals surface area contributed by atoms with Crippen LogP contribution in [0.15, 0.2) is 77.4 Å². The average molecular weight is 482 g/mol. The van der Waals surface area contributed by atoms with Gasteiger partial charge >= 0.3 is 11.9 Å². The highest BCUT2D eigenvalue weighted by atomic mass is 35.5. The molecule has 1 aliphatic rings. The maximum atomic E-state index is 12.5. The van der Waals surface area contributed by atoms with E-state index in [0.29, 0.717) is 39.1 Å². The van der Waals surface area contributed by atoms with Crippen LogP contribution >= 0.6 is 23.2 Å². The van der Waals surface area contributed by atoms with Crippen LogP contribution < -0.4 is 9.47 Å². The van der Waals surface area contributed by atoms with Crippen molar-refractivity contribution in [3.05, 3.63) is 99.2 Å². The third kappa shape index (κ3) is 5.25.